The summed E-state index contributed by atoms with van der Waals surface area (Å²) >= 11 is 6.15. The number of hydrogen-bond donors (Lipinski definition) is 1. The van der Waals surface area contributed by atoms with E-state index in [1.54, 1.807) is 6.33 Å². The van der Waals surface area contributed by atoms with Gasteiger partial charge in [-0.05, 0) is 36.4 Å². The fourth-order valence-corrected chi connectivity index (χ4v) is 3.91. The predicted molar refractivity (Wildman–Crippen MR) is 120 cm³/mol. The van der Waals surface area contributed by atoms with E-state index in [2.05, 4.69) is 42.1 Å². The van der Waals surface area contributed by atoms with Crippen molar-refractivity contribution in [2.75, 3.05) is 36.0 Å². The van der Waals surface area contributed by atoms with Gasteiger partial charge in [-0.25, -0.2) is 9.97 Å². The number of hydrogen-bond acceptors (Lipinski definition) is 5. The van der Waals surface area contributed by atoms with Crippen LogP contribution in [0.15, 0.2) is 61.1 Å². The van der Waals surface area contributed by atoms with Crippen molar-refractivity contribution in [2.24, 2.45) is 0 Å². The first kappa shape index (κ1) is 19.5. The lowest BCUT2D eigenvalue weighted by molar-refractivity contribution is 0.649. The monoisotopic (exact) mass is 426 g/mol. The van der Waals surface area contributed by atoms with Gasteiger partial charge in [-0.2, -0.15) is 5.10 Å². The van der Waals surface area contributed by atoms with Crippen LogP contribution in [0.3, 0.4) is 0 Å². The molecule has 0 bridgehead atoms. The highest BCUT2D eigenvalue weighted by atomic mass is 35.5. The smallest absolute Gasteiger partial charge is 0.140 e. The summed E-state index contributed by atoms with van der Waals surface area (Å²) in [6, 6.07) is 16.2. The molecule has 0 radical (unpaired) electrons. The third kappa shape index (κ3) is 3.86. The van der Waals surface area contributed by atoms with Crippen molar-refractivity contribution in [3.8, 4) is 11.3 Å². The van der Waals surface area contributed by atoms with Gasteiger partial charge < -0.3 is 9.80 Å². The van der Waals surface area contributed by atoms with E-state index in [0.717, 1.165) is 59.2 Å². The van der Waals surface area contributed by atoms with Crippen molar-refractivity contribution >= 4 is 46.4 Å². The van der Waals surface area contributed by atoms with Crippen LogP contribution in [0.1, 0.15) is 0 Å². The summed E-state index contributed by atoms with van der Waals surface area (Å²) in [5.41, 5.74) is 4.09. The highest BCUT2D eigenvalue weighted by Crippen LogP contribution is 2.29. The van der Waals surface area contributed by atoms with Gasteiger partial charge in [0, 0.05) is 54.0 Å². The molecule has 8 heteroatoms. The van der Waals surface area contributed by atoms with Crippen molar-refractivity contribution in [1.82, 2.24) is 20.2 Å². The second-order valence-corrected chi connectivity index (χ2v) is 7.28. The number of aromatic nitrogens is 4. The lowest BCUT2D eigenvalue weighted by Crippen LogP contribution is -2.46. The molecule has 0 amide bonds. The quantitative estimate of drug-likeness (QED) is 0.525. The van der Waals surface area contributed by atoms with Crippen LogP contribution in [0.25, 0.3) is 22.2 Å². The molecule has 0 aliphatic carbocycles. The van der Waals surface area contributed by atoms with Crippen molar-refractivity contribution in [3.63, 3.8) is 0 Å². The molecule has 1 fully saturated rings. The molecule has 0 saturated carbocycles. The van der Waals surface area contributed by atoms with E-state index in [4.69, 9.17) is 11.6 Å². The number of nitrogens with zero attached hydrogens (tertiary/aromatic N) is 5. The normalized spacial score (nSPS) is 14.1. The van der Waals surface area contributed by atoms with Gasteiger partial charge in [0.15, 0.2) is 0 Å². The summed E-state index contributed by atoms with van der Waals surface area (Å²) in [4.78, 5) is 13.7. The van der Waals surface area contributed by atoms with Gasteiger partial charge in [0.2, 0.25) is 0 Å². The van der Waals surface area contributed by atoms with Crippen LogP contribution in [-0.4, -0.2) is 46.3 Å². The fourth-order valence-electron chi connectivity index (χ4n) is 3.72. The molecule has 3 heterocycles. The number of halogens is 2. The van der Waals surface area contributed by atoms with Crippen molar-refractivity contribution in [2.45, 2.75) is 0 Å². The standard InChI is InChI=1S/C21H19ClN6.ClH/c22-16-2-1-3-17(13-16)27-8-10-28(11-9-27)21-18-12-15(19-6-7-25-26-19)4-5-20(18)23-14-24-21;/h1-7,12-14H,8-11H2,(H,25,26);1H. The Morgan fingerprint density at radius 1 is 0.897 bits per heavy atom. The predicted octanol–water partition coefficient (Wildman–Crippen LogP) is 4.42. The van der Waals surface area contributed by atoms with Crippen LogP contribution in [-0.2, 0) is 0 Å². The Labute approximate surface area is 179 Å². The van der Waals surface area contributed by atoms with Crippen LogP contribution in [0.2, 0.25) is 5.02 Å². The zero-order chi connectivity index (χ0) is 18.9. The van der Waals surface area contributed by atoms with Gasteiger partial charge in [-0.1, -0.05) is 23.7 Å². The molecule has 1 aliphatic rings. The molecule has 4 aromatic rings. The Balaban J connectivity index is 0.00000205. The minimum Gasteiger partial charge on any atom is -0.368 e. The number of H-pyrrole nitrogens is 1. The zero-order valence-electron chi connectivity index (χ0n) is 15.6. The molecule has 5 rings (SSSR count). The van der Waals surface area contributed by atoms with Crippen LogP contribution >= 0.6 is 24.0 Å². The molecule has 29 heavy (non-hydrogen) atoms. The number of aromatic amines is 1. The van der Waals surface area contributed by atoms with Crippen LogP contribution < -0.4 is 9.80 Å². The summed E-state index contributed by atoms with van der Waals surface area (Å²) < 4.78 is 0. The average Bonchev–Trinajstić information content (AvgIpc) is 3.28. The first-order valence-electron chi connectivity index (χ1n) is 9.28. The van der Waals surface area contributed by atoms with Gasteiger partial charge in [-0.3, -0.25) is 5.10 Å². The van der Waals surface area contributed by atoms with E-state index in [-0.39, 0.29) is 12.4 Å². The molecule has 2 aromatic heterocycles. The first-order valence-corrected chi connectivity index (χ1v) is 9.66. The SMILES string of the molecule is Cl.Clc1cccc(N2CCN(c3ncnc4ccc(-c5cc[nH]n5)cc34)CC2)c1. The second kappa shape index (κ2) is 8.27. The van der Waals surface area contributed by atoms with E-state index >= 15 is 0 Å². The Bertz CT molecular complexity index is 1110. The third-order valence-electron chi connectivity index (χ3n) is 5.16. The van der Waals surface area contributed by atoms with E-state index in [0.29, 0.717) is 0 Å². The van der Waals surface area contributed by atoms with E-state index in [1.807, 2.05) is 42.6 Å². The summed E-state index contributed by atoms with van der Waals surface area (Å²) in [5.74, 6) is 0.980. The number of rotatable bonds is 3. The van der Waals surface area contributed by atoms with Gasteiger partial charge >= 0.3 is 0 Å². The number of nitrogens with one attached hydrogen (secondary N) is 1. The molecule has 1 aliphatic heterocycles. The maximum absolute atomic E-state index is 6.15. The summed E-state index contributed by atoms with van der Waals surface area (Å²) in [5, 5.41) is 8.99. The Kier molecular flexibility index (Phi) is 5.56. The second-order valence-electron chi connectivity index (χ2n) is 6.84. The van der Waals surface area contributed by atoms with Crippen molar-refractivity contribution in [1.29, 1.82) is 0 Å². The molecule has 0 unspecified atom stereocenters. The first-order chi connectivity index (χ1) is 13.8. The number of fused-ring (bicyclic) bond motifs is 1. The lowest BCUT2D eigenvalue weighted by Gasteiger charge is -2.37. The van der Waals surface area contributed by atoms with Crippen LogP contribution in [0, 0.1) is 0 Å². The van der Waals surface area contributed by atoms with E-state index < -0.39 is 0 Å². The minimum atomic E-state index is 0. The Morgan fingerprint density at radius 3 is 2.48 bits per heavy atom. The molecule has 0 spiro atoms. The molecular weight excluding hydrogens is 407 g/mol. The summed E-state index contributed by atoms with van der Waals surface area (Å²) in [6.07, 6.45) is 3.48. The Morgan fingerprint density at radius 2 is 1.72 bits per heavy atom. The molecule has 0 atom stereocenters. The molecule has 2 aromatic carbocycles. The van der Waals surface area contributed by atoms with Gasteiger partial charge in [0.25, 0.3) is 0 Å². The van der Waals surface area contributed by atoms with E-state index in [1.165, 1.54) is 5.69 Å². The maximum atomic E-state index is 6.15. The fraction of sp³-hybridized carbons (Fsp3) is 0.190. The van der Waals surface area contributed by atoms with Crippen LogP contribution in [0.4, 0.5) is 11.5 Å². The highest BCUT2D eigenvalue weighted by Gasteiger charge is 2.20. The summed E-state index contributed by atoms with van der Waals surface area (Å²) in [6.45, 7) is 3.63. The summed E-state index contributed by atoms with van der Waals surface area (Å²) in [7, 11) is 0. The van der Waals surface area contributed by atoms with Gasteiger partial charge in [-0.15, -0.1) is 12.4 Å². The largest absolute Gasteiger partial charge is 0.368 e. The van der Waals surface area contributed by atoms with E-state index in [9.17, 15) is 0 Å². The molecule has 148 valence electrons. The maximum Gasteiger partial charge on any atom is 0.140 e. The van der Waals surface area contributed by atoms with Gasteiger partial charge in [0.1, 0.15) is 12.1 Å². The van der Waals surface area contributed by atoms with Gasteiger partial charge in [0.05, 0.1) is 11.2 Å². The number of benzene rings is 2. The lowest BCUT2D eigenvalue weighted by atomic mass is 10.1. The zero-order valence-corrected chi connectivity index (χ0v) is 17.2. The van der Waals surface area contributed by atoms with Crippen molar-refractivity contribution < 1.29 is 0 Å². The van der Waals surface area contributed by atoms with Crippen LogP contribution in [0.5, 0.6) is 0 Å². The molecule has 1 N–H and O–H groups in total. The molecule has 6 nitrogen and oxygen atoms in total. The third-order valence-corrected chi connectivity index (χ3v) is 5.40. The molecule has 1 saturated heterocycles. The number of piperazine rings is 1. The molecular formula is C21H20Cl2N6. The topological polar surface area (TPSA) is 60.9 Å². The Hall–Kier alpha value is -2.83. The highest BCUT2D eigenvalue weighted by molar-refractivity contribution is 6.30. The van der Waals surface area contributed by atoms with Crippen molar-refractivity contribution in [3.05, 3.63) is 66.1 Å². The minimum absolute atomic E-state index is 0. The average molecular weight is 427 g/mol. The number of anilines is 2.